The van der Waals surface area contributed by atoms with Crippen molar-refractivity contribution >= 4 is 34.0 Å². The molecule has 0 saturated heterocycles. The van der Waals surface area contributed by atoms with Crippen molar-refractivity contribution in [2.45, 2.75) is 37.3 Å². The fraction of sp³-hybridized carbons (Fsp3) is 0.500. The Bertz CT molecular complexity index is 506. The molecule has 0 aromatic heterocycles. The highest BCUT2D eigenvalue weighted by Crippen LogP contribution is 2.23. The number of carbonyl (C=O) groups is 1. The van der Waals surface area contributed by atoms with Crippen LogP contribution in [-0.2, 0) is 15.6 Å². The summed E-state index contributed by atoms with van der Waals surface area (Å²) in [6, 6.07) is 4.78. The second-order valence-electron chi connectivity index (χ2n) is 5.10. The molecule has 0 spiro atoms. The van der Waals surface area contributed by atoms with E-state index in [4.69, 9.17) is 17.3 Å². The molecule has 1 amide bonds. The van der Waals surface area contributed by atoms with E-state index in [9.17, 15) is 9.00 Å². The van der Waals surface area contributed by atoms with Gasteiger partial charge < -0.3 is 11.1 Å². The van der Waals surface area contributed by atoms with Crippen molar-refractivity contribution < 1.29 is 9.00 Å². The number of halogens is 1. The summed E-state index contributed by atoms with van der Waals surface area (Å²) in [5, 5.41) is 2.53. The van der Waals surface area contributed by atoms with Gasteiger partial charge in [0.2, 0.25) is 5.91 Å². The minimum absolute atomic E-state index is 0.211. The molecule has 1 aromatic carbocycles. The van der Waals surface area contributed by atoms with Gasteiger partial charge in [-0.2, -0.15) is 0 Å². The van der Waals surface area contributed by atoms with Crippen LogP contribution in [0.4, 0.5) is 5.69 Å². The zero-order valence-corrected chi connectivity index (χ0v) is 13.6. The second-order valence-corrected chi connectivity index (χ2v) is 7.28. The van der Waals surface area contributed by atoms with Crippen LogP contribution in [0.25, 0.3) is 0 Å². The maximum Gasteiger partial charge on any atom is 0.235 e. The normalized spacial score (nSPS) is 14.1. The van der Waals surface area contributed by atoms with Crippen LogP contribution in [0.5, 0.6) is 0 Å². The Kier molecular flexibility index (Phi) is 6.49. The Hall–Kier alpha value is -1.07. The van der Waals surface area contributed by atoms with Gasteiger partial charge in [-0.1, -0.05) is 25.4 Å². The minimum atomic E-state index is -1.44. The van der Waals surface area contributed by atoms with Crippen LogP contribution >= 0.6 is 11.6 Å². The minimum Gasteiger partial charge on any atom is -0.398 e. The lowest BCUT2D eigenvalue weighted by Crippen LogP contribution is -2.36. The van der Waals surface area contributed by atoms with Crippen LogP contribution in [-0.4, -0.2) is 21.9 Å². The molecule has 0 radical (unpaired) electrons. The van der Waals surface area contributed by atoms with Gasteiger partial charge in [-0.3, -0.25) is 9.00 Å². The average molecular weight is 317 g/mol. The number of hydrogen-bond acceptors (Lipinski definition) is 3. The molecular formula is C14H21ClN2O2S. The first-order valence-electron chi connectivity index (χ1n) is 6.56. The predicted octanol–water partition coefficient (Wildman–Crippen LogP) is 2.58. The maximum absolute atomic E-state index is 12.3. The number of benzene rings is 1. The van der Waals surface area contributed by atoms with Gasteiger partial charge in [0.05, 0.1) is 21.5 Å². The number of rotatable bonds is 6. The summed E-state index contributed by atoms with van der Waals surface area (Å²) in [5.41, 5.74) is 6.04. The van der Waals surface area contributed by atoms with Crippen molar-refractivity contribution in [1.82, 2.24) is 5.32 Å². The van der Waals surface area contributed by atoms with E-state index in [-0.39, 0.29) is 5.91 Å². The van der Waals surface area contributed by atoms with Crippen molar-refractivity contribution in [1.29, 1.82) is 0 Å². The zero-order valence-electron chi connectivity index (χ0n) is 12.0. The summed E-state index contributed by atoms with van der Waals surface area (Å²) in [5.74, 6) is 0.309. The molecule has 6 heteroatoms. The SMILES string of the molecule is CC(C)CCNC(=O)C(C)S(=O)c1ccc(N)c(Cl)c1. The molecule has 0 aliphatic carbocycles. The molecule has 0 fully saturated rings. The Morgan fingerprint density at radius 2 is 2.05 bits per heavy atom. The molecule has 4 nitrogen and oxygen atoms in total. The summed E-state index contributed by atoms with van der Waals surface area (Å²) in [6.07, 6.45) is 0.902. The van der Waals surface area contributed by atoms with Crippen LogP contribution < -0.4 is 11.1 Å². The summed E-state index contributed by atoms with van der Waals surface area (Å²) in [7, 11) is -1.44. The molecule has 2 unspecified atom stereocenters. The molecular weight excluding hydrogens is 296 g/mol. The van der Waals surface area contributed by atoms with Crippen LogP contribution in [0.3, 0.4) is 0 Å². The predicted molar refractivity (Wildman–Crippen MR) is 84.2 cm³/mol. The lowest BCUT2D eigenvalue weighted by molar-refractivity contribution is -0.120. The Balaban J connectivity index is 2.66. The van der Waals surface area contributed by atoms with Gasteiger partial charge in [-0.15, -0.1) is 0 Å². The van der Waals surface area contributed by atoms with Gasteiger partial charge in [0.25, 0.3) is 0 Å². The van der Waals surface area contributed by atoms with E-state index in [2.05, 4.69) is 19.2 Å². The molecule has 20 heavy (non-hydrogen) atoms. The van der Waals surface area contributed by atoms with Gasteiger partial charge in [0, 0.05) is 11.4 Å². The Morgan fingerprint density at radius 3 is 2.60 bits per heavy atom. The van der Waals surface area contributed by atoms with Crippen molar-refractivity contribution in [3.63, 3.8) is 0 Å². The summed E-state index contributed by atoms with van der Waals surface area (Å²) in [6.45, 7) is 6.42. The quantitative estimate of drug-likeness (QED) is 0.792. The van der Waals surface area contributed by atoms with Crippen molar-refractivity contribution in [2.24, 2.45) is 5.92 Å². The van der Waals surface area contributed by atoms with Gasteiger partial charge in [0.1, 0.15) is 5.25 Å². The Morgan fingerprint density at radius 1 is 1.40 bits per heavy atom. The van der Waals surface area contributed by atoms with E-state index < -0.39 is 16.0 Å². The molecule has 1 rings (SSSR count). The largest absolute Gasteiger partial charge is 0.398 e. The molecule has 0 saturated carbocycles. The summed E-state index contributed by atoms with van der Waals surface area (Å²) >= 11 is 5.90. The van der Waals surface area contributed by atoms with E-state index >= 15 is 0 Å². The molecule has 2 atom stereocenters. The Labute approximate surface area is 127 Å². The lowest BCUT2D eigenvalue weighted by atomic mass is 10.1. The van der Waals surface area contributed by atoms with E-state index in [1.54, 1.807) is 25.1 Å². The molecule has 1 aromatic rings. The first kappa shape index (κ1) is 17.0. The fourth-order valence-corrected chi connectivity index (χ4v) is 2.93. The monoisotopic (exact) mass is 316 g/mol. The third-order valence-electron chi connectivity index (χ3n) is 2.92. The standard InChI is InChI=1S/C14H21ClN2O2S/c1-9(2)6-7-17-14(18)10(3)20(19)11-4-5-13(16)12(15)8-11/h4-5,8-10H,6-7,16H2,1-3H3,(H,17,18). The summed E-state index contributed by atoms with van der Waals surface area (Å²) < 4.78 is 12.3. The van der Waals surface area contributed by atoms with Gasteiger partial charge in [-0.25, -0.2) is 0 Å². The van der Waals surface area contributed by atoms with Crippen LogP contribution in [0.15, 0.2) is 23.1 Å². The smallest absolute Gasteiger partial charge is 0.235 e. The molecule has 0 bridgehead atoms. The number of nitrogens with one attached hydrogen (secondary N) is 1. The lowest BCUT2D eigenvalue weighted by Gasteiger charge is -2.13. The van der Waals surface area contributed by atoms with Crippen LogP contribution in [0.1, 0.15) is 27.2 Å². The van der Waals surface area contributed by atoms with Crippen molar-refractivity contribution in [3.8, 4) is 0 Å². The molecule has 3 N–H and O–H groups in total. The molecule has 112 valence electrons. The first-order chi connectivity index (χ1) is 9.32. The number of amides is 1. The number of carbonyl (C=O) groups excluding carboxylic acids is 1. The number of nitrogens with two attached hydrogens (primary N) is 1. The van der Waals surface area contributed by atoms with E-state index in [0.717, 1.165) is 6.42 Å². The van der Waals surface area contributed by atoms with Gasteiger partial charge in [0.15, 0.2) is 0 Å². The number of hydrogen-bond donors (Lipinski definition) is 2. The highest BCUT2D eigenvalue weighted by atomic mass is 35.5. The topological polar surface area (TPSA) is 72.2 Å². The molecule has 0 aliphatic rings. The molecule has 0 aliphatic heterocycles. The van der Waals surface area contributed by atoms with Crippen molar-refractivity contribution in [2.75, 3.05) is 12.3 Å². The van der Waals surface area contributed by atoms with Crippen LogP contribution in [0, 0.1) is 5.92 Å². The van der Waals surface area contributed by atoms with E-state index in [0.29, 0.717) is 28.1 Å². The molecule has 0 heterocycles. The van der Waals surface area contributed by atoms with Gasteiger partial charge >= 0.3 is 0 Å². The van der Waals surface area contributed by atoms with E-state index in [1.165, 1.54) is 0 Å². The maximum atomic E-state index is 12.3. The number of anilines is 1. The second kappa shape index (κ2) is 7.64. The average Bonchev–Trinajstić information content (AvgIpc) is 2.39. The fourth-order valence-electron chi connectivity index (χ4n) is 1.56. The third-order valence-corrected chi connectivity index (χ3v) is 4.82. The number of nitrogen functional groups attached to an aromatic ring is 1. The highest BCUT2D eigenvalue weighted by Gasteiger charge is 2.21. The van der Waals surface area contributed by atoms with Crippen molar-refractivity contribution in [3.05, 3.63) is 23.2 Å². The third kappa shape index (κ3) is 4.80. The van der Waals surface area contributed by atoms with E-state index in [1.807, 2.05) is 0 Å². The zero-order chi connectivity index (χ0) is 15.3. The highest BCUT2D eigenvalue weighted by molar-refractivity contribution is 7.86. The van der Waals surface area contributed by atoms with Gasteiger partial charge in [-0.05, 0) is 37.5 Å². The summed E-state index contributed by atoms with van der Waals surface area (Å²) in [4.78, 5) is 12.4. The van der Waals surface area contributed by atoms with Crippen LogP contribution in [0.2, 0.25) is 5.02 Å². The first-order valence-corrected chi connectivity index (χ1v) is 8.15.